The highest BCUT2D eigenvalue weighted by molar-refractivity contribution is 5.86. The van der Waals surface area contributed by atoms with E-state index in [0.29, 0.717) is 25.6 Å². The van der Waals surface area contributed by atoms with Crippen LogP contribution in [0.25, 0.3) is 0 Å². The zero-order valence-corrected chi connectivity index (χ0v) is 15.5. The maximum Gasteiger partial charge on any atom is 0.329 e. The van der Waals surface area contributed by atoms with E-state index in [4.69, 9.17) is 0 Å². The molecular formula is C17H31N3O4. The van der Waals surface area contributed by atoms with Crippen LogP contribution < -0.4 is 5.32 Å². The van der Waals surface area contributed by atoms with Crippen molar-refractivity contribution in [2.45, 2.75) is 52.5 Å². The van der Waals surface area contributed by atoms with Gasteiger partial charge in [-0.3, -0.25) is 4.79 Å². The first-order chi connectivity index (χ1) is 11.1. The predicted molar refractivity (Wildman–Crippen MR) is 91.6 cm³/mol. The van der Waals surface area contributed by atoms with Gasteiger partial charge in [-0.15, -0.1) is 0 Å². The molecule has 0 spiro atoms. The molecule has 1 fully saturated rings. The van der Waals surface area contributed by atoms with Gasteiger partial charge in [0, 0.05) is 33.1 Å². The molecule has 3 amide bonds. The second-order valence-corrected chi connectivity index (χ2v) is 7.56. The maximum atomic E-state index is 12.4. The van der Waals surface area contributed by atoms with Gasteiger partial charge in [0.2, 0.25) is 5.91 Å². The Balaban J connectivity index is 2.57. The molecule has 1 aliphatic rings. The number of hydrogen-bond acceptors (Lipinski definition) is 3. The summed E-state index contributed by atoms with van der Waals surface area (Å²) >= 11 is 0. The largest absolute Gasteiger partial charge is 0.480 e. The molecular weight excluding hydrogens is 310 g/mol. The van der Waals surface area contributed by atoms with Crippen LogP contribution in [0.2, 0.25) is 0 Å². The summed E-state index contributed by atoms with van der Waals surface area (Å²) in [4.78, 5) is 38.9. The third-order valence-corrected chi connectivity index (χ3v) is 4.67. The first-order valence-electron chi connectivity index (χ1n) is 8.58. The number of carboxylic acid groups (broad SMARTS) is 1. The summed E-state index contributed by atoms with van der Waals surface area (Å²) in [6.07, 6.45) is 2.00. The molecule has 0 aliphatic carbocycles. The normalized spacial score (nSPS) is 18.4. The Morgan fingerprint density at radius 2 is 1.96 bits per heavy atom. The molecule has 24 heavy (non-hydrogen) atoms. The third kappa shape index (κ3) is 5.39. The number of hydrogen-bond donors (Lipinski definition) is 2. The van der Waals surface area contributed by atoms with Gasteiger partial charge in [0.1, 0.15) is 5.54 Å². The van der Waals surface area contributed by atoms with Crippen LogP contribution in [0.4, 0.5) is 4.79 Å². The highest BCUT2D eigenvalue weighted by Crippen LogP contribution is 2.22. The minimum absolute atomic E-state index is 0.0723. The molecule has 7 heteroatoms. The number of aliphatic carboxylic acids is 1. The number of urea groups is 1. The van der Waals surface area contributed by atoms with Gasteiger partial charge in [-0.25, -0.2) is 9.59 Å². The lowest BCUT2D eigenvalue weighted by atomic mass is 9.93. The van der Waals surface area contributed by atoms with E-state index in [1.165, 1.54) is 25.8 Å². The SMILES string of the molecule is CC(C)CNC(=O)N1CCCC(CC(=O)N(C)C(C)(C)C(=O)O)C1. The van der Waals surface area contributed by atoms with E-state index in [2.05, 4.69) is 5.32 Å². The van der Waals surface area contributed by atoms with E-state index in [1.807, 2.05) is 13.8 Å². The Labute approximate surface area is 144 Å². The van der Waals surface area contributed by atoms with Crippen molar-refractivity contribution >= 4 is 17.9 Å². The summed E-state index contributed by atoms with van der Waals surface area (Å²) in [5.74, 6) is -0.764. The van der Waals surface area contributed by atoms with Crippen molar-refractivity contribution in [2.75, 3.05) is 26.7 Å². The molecule has 7 nitrogen and oxygen atoms in total. The molecule has 0 bridgehead atoms. The minimum Gasteiger partial charge on any atom is -0.480 e. The fraction of sp³-hybridized carbons (Fsp3) is 0.824. The fourth-order valence-electron chi connectivity index (χ4n) is 2.66. The molecule has 1 aliphatic heterocycles. The van der Waals surface area contributed by atoms with Crippen molar-refractivity contribution in [3.63, 3.8) is 0 Å². The first kappa shape index (κ1) is 20.3. The molecule has 0 radical (unpaired) electrons. The fourth-order valence-corrected chi connectivity index (χ4v) is 2.66. The Morgan fingerprint density at radius 1 is 1.33 bits per heavy atom. The second-order valence-electron chi connectivity index (χ2n) is 7.56. The average molecular weight is 341 g/mol. The number of amides is 3. The number of carbonyl (C=O) groups excluding carboxylic acids is 2. The quantitative estimate of drug-likeness (QED) is 0.770. The van der Waals surface area contributed by atoms with Gasteiger partial charge in [-0.05, 0) is 38.5 Å². The van der Waals surface area contributed by atoms with Crippen molar-refractivity contribution in [3.05, 3.63) is 0 Å². The Kier molecular flexibility index (Phi) is 7.05. The van der Waals surface area contributed by atoms with E-state index in [-0.39, 0.29) is 24.3 Å². The van der Waals surface area contributed by atoms with Crippen LogP contribution in [-0.2, 0) is 9.59 Å². The first-order valence-corrected chi connectivity index (χ1v) is 8.58. The lowest BCUT2D eigenvalue weighted by molar-refractivity contribution is -0.155. The van der Waals surface area contributed by atoms with E-state index in [9.17, 15) is 19.5 Å². The number of piperidine rings is 1. The van der Waals surface area contributed by atoms with E-state index >= 15 is 0 Å². The van der Waals surface area contributed by atoms with Crippen LogP contribution in [0.5, 0.6) is 0 Å². The van der Waals surface area contributed by atoms with Crippen molar-refractivity contribution in [1.29, 1.82) is 0 Å². The van der Waals surface area contributed by atoms with Gasteiger partial charge in [0.25, 0.3) is 0 Å². The molecule has 0 aromatic rings. The van der Waals surface area contributed by atoms with Crippen molar-refractivity contribution in [2.24, 2.45) is 11.8 Å². The average Bonchev–Trinajstić information content (AvgIpc) is 2.51. The number of nitrogens with one attached hydrogen (secondary N) is 1. The zero-order valence-electron chi connectivity index (χ0n) is 15.5. The molecule has 1 saturated heterocycles. The molecule has 0 aromatic heterocycles. The summed E-state index contributed by atoms with van der Waals surface area (Å²) in [6, 6.07) is -0.0833. The lowest BCUT2D eigenvalue weighted by Crippen LogP contribution is -2.52. The Morgan fingerprint density at radius 3 is 2.50 bits per heavy atom. The van der Waals surface area contributed by atoms with Crippen LogP contribution in [-0.4, -0.2) is 65.0 Å². The van der Waals surface area contributed by atoms with Gasteiger partial charge in [0.05, 0.1) is 0 Å². The number of rotatable bonds is 6. The van der Waals surface area contributed by atoms with Crippen molar-refractivity contribution < 1.29 is 19.5 Å². The molecule has 1 unspecified atom stereocenters. The summed E-state index contributed by atoms with van der Waals surface area (Å²) < 4.78 is 0. The second kappa shape index (κ2) is 8.35. The van der Waals surface area contributed by atoms with Gasteiger partial charge < -0.3 is 20.2 Å². The van der Waals surface area contributed by atoms with Crippen molar-refractivity contribution in [3.8, 4) is 0 Å². The Bertz CT molecular complexity index is 476. The molecule has 2 N–H and O–H groups in total. The standard InChI is InChI=1S/C17H31N3O4/c1-12(2)10-18-16(24)20-8-6-7-13(11-20)9-14(21)19(5)17(3,4)15(22)23/h12-13H,6-11H2,1-5H3,(H,18,24)(H,22,23). The van der Waals surface area contributed by atoms with Crippen LogP contribution in [0, 0.1) is 11.8 Å². The molecule has 0 aromatic carbocycles. The molecule has 1 rings (SSSR count). The number of carboxylic acids is 1. The number of nitrogens with zero attached hydrogens (tertiary/aromatic N) is 2. The van der Waals surface area contributed by atoms with Gasteiger partial charge >= 0.3 is 12.0 Å². The van der Waals surface area contributed by atoms with E-state index in [0.717, 1.165) is 12.8 Å². The maximum absolute atomic E-state index is 12.4. The molecule has 1 atom stereocenters. The predicted octanol–water partition coefficient (Wildman–Crippen LogP) is 1.78. The monoisotopic (exact) mass is 341 g/mol. The summed E-state index contributed by atoms with van der Waals surface area (Å²) in [5.41, 5.74) is -1.24. The lowest BCUT2D eigenvalue weighted by Gasteiger charge is -2.36. The van der Waals surface area contributed by atoms with Gasteiger partial charge in [-0.1, -0.05) is 13.8 Å². The smallest absolute Gasteiger partial charge is 0.329 e. The summed E-state index contributed by atoms with van der Waals surface area (Å²) in [5, 5.41) is 12.1. The van der Waals surface area contributed by atoms with Crippen LogP contribution in [0.3, 0.4) is 0 Å². The summed E-state index contributed by atoms with van der Waals surface area (Å²) in [6.45, 7) is 8.98. The topological polar surface area (TPSA) is 90.0 Å². The number of likely N-dealkylation sites (N-methyl/N-ethyl adjacent to an activating group) is 1. The van der Waals surface area contributed by atoms with Crippen molar-refractivity contribution in [1.82, 2.24) is 15.1 Å². The van der Waals surface area contributed by atoms with E-state index < -0.39 is 11.5 Å². The molecule has 1 heterocycles. The van der Waals surface area contributed by atoms with Crippen LogP contribution in [0.1, 0.15) is 47.0 Å². The number of likely N-dealkylation sites (tertiary alicyclic amines) is 1. The third-order valence-electron chi connectivity index (χ3n) is 4.67. The zero-order chi connectivity index (χ0) is 18.5. The van der Waals surface area contributed by atoms with Gasteiger partial charge in [-0.2, -0.15) is 0 Å². The summed E-state index contributed by atoms with van der Waals surface area (Å²) in [7, 11) is 1.52. The van der Waals surface area contributed by atoms with Crippen LogP contribution in [0.15, 0.2) is 0 Å². The highest BCUT2D eigenvalue weighted by Gasteiger charge is 2.36. The van der Waals surface area contributed by atoms with Crippen LogP contribution >= 0.6 is 0 Å². The molecule has 138 valence electrons. The van der Waals surface area contributed by atoms with Gasteiger partial charge in [0.15, 0.2) is 0 Å². The Hall–Kier alpha value is -1.79. The van der Waals surface area contributed by atoms with E-state index in [1.54, 1.807) is 4.90 Å². The molecule has 0 saturated carbocycles. The number of carbonyl (C=O) groups is 3. The highest BCUT2D eigenvalue weighted by atomic mass is 16.4. The minimum atomic E-state index is -1.24.